The second-order valence-electron chi connectivity index (χ2n) is 7.57. The zero-order valence-corrected chi connectivity index (χ0v) is 15.6. The van der Waals surface area contributed by atoms with Crippen LogP contribution in [0.1, 0.15) is 50.1 Å². The van der Waals surface area contributed by atoms with Crippen LogP contribution in [0.4, 0.5) is 0 Å². The molecule has 0 aliphatic carbocycles. The zero-order chi connectivity index (χ0) is 17.5. The highest BCUT2D eigenvalue weighted by Crippen LogP contribution is 2.30. The molecule has 2 aliphatic heterocycles. The van der Waals surface area contributed by atoms with Gasteiger partial charge >= 0.3 is 0 Å². The summed E-state index contributed by atoms with van der Waals surface area (Å²) in [5, 5.41) is 3.26. The van der Waals surface area contributed by atoms with E-state index in [0.717, 1.165) is 57.0 Å². The van der Waals surface area contributed by atoms with Crippen LogP contribution < -0.4 is 5.32 Å². The van der Waals surface area contributed by atoms with Crippen LogP contribution in [0.3, 0.4) is 0 Å². The standard InChI is InChI=1S/C21H33N3O/c1-22-13-10-18-11-16-23(17-12-18)20(19-8-4-2-5-9-19)21(25)24-14-6-3-7-15-24/h2,4-5,8-9,18,20,22H,3,6-7,10-17H2,1H3. The van der Waals surface area contributed by atoms with Gasteiger partial charge in [0.2, 0.25) is 5.91 Å². The van der Waals surface area contributed by atoms with Gasteiger partial charge in [-0.1, -0.05) is 30.3 Å². The molecule has 4 heteroatoms. The summed E-state index contributed by atoms with van der Waals surface area (Å²) in [4.78, 5) is 17.9. The van der Waals surface area contributed by atoms with Gasteiger partial charge < -0.3 is 10.2 Å². The molecule has 3 rings (SSSR count). The Morgan fingerprint density at radius 2 is 1.76 bits per heavy atom. The summed E-state index contributed by atoms with van der Waals surface area (Å²) in [6, 6.07) is 10.3. The summed E-state index contributed by atoms with van der Waals surface area (Å²) in [6.07, 6.45) is 7.23. The lowest BCUT2D eigenvalue weighted by Gasteiger charge is -2.40. The molecule has 1 aromatic carbocycles. The van der Waals surface area contributed by atoms with Crippen LogP contribution in [0.25, 0.3) is 0 Å². The smallest absolute Gasteiger partial charge is 0.244 e. The quantitative estimate of drug-likeness (QED) is 0.862. The topological polar surface area (TPSA) is 35.6 Å². The Labute approximate surface area is 152 Å². The molecule has 2 heterocycles. The first-order valence-corrected chi connectivity index (χ1v) is 10.0. The van der Waals surface area contributed by atoms with Gasteiger partial charge in [0.05, 0.1) is 0 Å². The Morgan fingerprint density at radius 3 is 2.40 bits per heavy atom. The number of nitrogens with zero attached hydrogens (tertiary/aromatic N) is 2. The molecule has 1 amide bonds. The van der Waals surface area contributed by atoms with Crippen molar-refractivity contribution in [1.29, 1.82) is 0 Å². The summed E-state index contributed by atoms with van der Waals surface area (Å²) in [5.74, 6) is 1.12. The Kier molecular flexibility index (Phi) is 6.88. The Morgan fingerprint density at radius 1 is 1.08 bits per heavy atom. The summed E-state index contributed by atoms with van der Waals surface area (Å²) >= 11 is 0. The van der Waals surface area contributed by atoms with Crippen LogP contribution in [0.15, 0.2) is 30.3 Å². The first kappa shape index (κ1) is 18.4. The molecule has 2 fully saturated rings. The normalized spacial score (nSPS) is 21.2. The lowest BCUT2D eigenvalue weighted by Crippen LogP contribution is -2.47. The number of carbonyl (C=O) groups excluding carboxylic acids is 1. The average Bonchev–Trinajstić information content (AvgIpc) is 2.69. The van der Waals surface area contributed by atoms with E-state index in [1.807, 2.05) is 13.1 Å². The number of amides is 1. The van der Waals surface area contributed by atoms with Gasteiger partial charge in [-0.3, -0.25) is 9.69 Å². The number of nitrogens with one attached hydrogen (secondary N) is 1. The van der Waals surface area contributed by atoms with E-state index in [1.165, 1.54) is 25.7 Å². The average molecular weight is 344 g/mol. The van der Waals surface area contributed by atoms with Crippen molar-refractivity contribution in [3.05, 3.63) is 35.9 Å². The van der Waals surface area contributed by atoms with Crippen LogP contribution in [-0.4, -0.2) is 55.5 Å². The predicted octanol–water partition coefficient (Wildman–Crippen LogP) is 3.06. The SMILES string of the molecule is CNCCC1CCN(C(C(=O)N2CCCCC2)c2ccccc2)CC1. The van der Waals surface area contributed by atoms with Crippen LogP contribution in [0, 0.1) is 5.92 Å². The number of likely N-dealkylation sites (tertiary alicyclic amines) is 2. The minimum atomic E-state index is -0.0930. The molecular weight excluding hydrogens is 310 g/mol. The molecule has 0 spiro atoms. The van der Waals surface area contributed by atoms with Gasteiger partial charge in [0.15, 0.2) is 0 Å². The molecule has 25 heavy (non-hydrogen) atoms. The maximum atomic E-state index is 13.3. The van der Waals surface area contributed by atoms with Gasteiger partial charge in [0, 0.05) is 13.1 Å². The number of piperidine rings is 2. The van der Waals surface area contributed by atoms with Gasteiger partial charge in [-0.2, -0.15) is 0 Å². The number of rotatable bonds is 6. The Bertz CT molecular complexity index is 519. The molecule has 2 aliphatic rings. The van der Waals surface area contributed by atoms with E-state index in [1.54, 1.807) is 0 Å². The molecule has 1 atom stereocenters. The second kappa shape index (κ2) is 9.35. The van der Waals surface area contributed by atoms with Crippen molar-refractivity contribution in [2.45, 2.75) is 44.6 Å². The highest BCUT2D eigenvalue weighted by molar-refractivity contribution is 5.83. The summed E-state index contributed by atoms with van der Waals surface area (Å²) < 4.78 is 0. The molecule has 4 nitrogen and oxygen atoms in total. The second-order valence-corrected chi connectivity index (χ2v) is 7.57. The fraction of sp³-hybridized carbons (Fsp3) is 0.667. The fourth-order valence-electron chi connectivity index (χ4n) is 4.28. The molecule has 0 radical (unpaired) electrons. The maximum Gasteiger partial charge on any atom is 0.244 e. The molecule has 1 N–H and O–H groups in total. The van der Waals surface area contributed by atoms with Crippen molar-refractivity contribution >= 4 is 5.91 Å². The predicted molar refractivity (Wildman–Crippen MR) is 102 cm³/mol. The largest absolute Gasteiger partial charge is 0.341 e. The molecule has 0 bridgehead atoms. The fourth-order valence-corrected chi connectivity index (χ4v) is 4.28. The zero-order valence-electron chi connectivity index (χ0n) is 15.6. The Hall–Kier alpha value is -1.39. The first-order valence-electron chi connectivity index (χ1n) is 10.0. The van der Waals surface area contributed by atoms with Crippen molar-refractivity contribution in [2.75, 3.05) is 39.8 Å². The highest BCUT2D eigenvalue weighted by atomic mass is 16.2. The molecule has 0 saturated carbocycles. The monoisotopic (exact) mass is 343 g/mol. The molecule has 1 unspecified atom stereocenters. The van der Waals surface area contributed by atoms with Crippen LogP contribution in [0.2, 0.25) is 0 Å². The van der Waals surface area contributed by atoms with E-state index in [4.69, 9.17) is 0 Å². The van der Waals surface area contributed by atoms with E-state index in [0.29, 0.717) is 5.91 Å². The first-order chi connectivity index (χ1) is 12.3. The van der Waals surface area contributed by atoms with Crippen LogP contribution >= 0.6 is 0 Å². The molecule has 138 valence electrons. The van der Waals surface area contributed by atoms with Crippen molar-refractivity contribution in [2.24, 2.45) is 5.92 Å². The van der Waals surface area contributed by atoms with Gasteiger partial charge in [0.1, 0.15) is 6.04 Å². The van der Waals surface area contributed by atoms with Gasteiger partial charge in [-0.25, -0.2) is 0 Å². The van der Waals surface area contributed by atoms with Gasteiger partial charge in [-0.15, -0.1) is 0 Å². The van der Waals surface area contributed by atoms with Crippen molar-refractivity contribution in [1.82, 2.24) is 15.1 Å². The van der Waals surface area contributed by atoms with Crippen LogP contribution in [-0.2, 0) is 4.79 Å². The molecular formula is C21H33N3O. The third-order valence-corrected chi connectivity index (χ3v) is 5.83. The third-order valence-electron chi connectivity index (χ3n) is 5.83. The minimum absolute atomic E-state index is 0.0930. The maximum absolute atomic E-state index is 13.3. The number of hydrogen-bond donors (Lipinski definition) is 1. The van der Waals surface area contributed by atoms with Gasteiger partial charge in [-0.05, 0) is 76.7 Å². The minimum Gasteiger partial charge on any atom is -0.341 e. The van der Waals surface area contributed by atoms with E-state index >= 15 is 0 Å². The highest BCUT2D eigenvalue weighted by Gasteiger charge is 2.33. The van der Waals surface area contributed by atoms with E-state index in [2.05, 4.69) is 39.4 Å². The van der Waals surface area contributed by atoms with Crippen molar-refractivity contribution in [3.8, 4) is 0 Å². The molecule has 1 aromatic rings. The lowest BCUT2D eigenvalue weighted by molar-refractivity contribution is -0.139. The molecule has 2 saturated heterocycles. The number of carbonyl (C=O) groups is 1. The van der Waals surface area contributed by atoms with E-state index in [9.17, 15) is 4.79 Å². The Balaban J connectivity index is 1.70. The van der Waals surface area contributed by atoms with E-state index in [-0.39, 0.29) is 6.04 Å². The number of benzene rings is 1. The summed E-state index contributed by atoms with van der Waals surface area (Å²) in [5.41, 5.74) is 1.16. The van der Waals surface area contributed by atoms with Crippen LogP contribution in [0.5, 0.6) is 0 Å². The summed E-state index contributed by atoms with van der Waals surface area (Å²) in [7, 11) is 2.03. The van der Waals surface area contributed by atoms with Crippen molar-refractivity contribution < 1.29 is 4.79 Å². The van der Waals surface area contributed by atoms with Gasteiger partial charge in [0.25, 0.3) is 0 Å². The summed E-state index contributed by atoms with van der Waals surface area (Å²) in [6.45, 7) is 5.03. The third kappa shape index (κ3) is 4.83. The number of hydrogen-bond acceptors (Lipinski definition) is 3. The van der Waals surface area contributed by atoms with Crippen molar-refractivity contribution in [3.63, 3.8) is 0 Å². The lowest BCUT2D eigenvalue weighted by atomic mass is 9.91. The molecule has 0 aromatic heterocycles. The van der Waals surface area contributed by atoms with E-state index < -0.39 is 0 Å².